The van der Waals surface area contributed by atoms with E-state index in [0.717, 1.165) is 6.54 Å². The standard InChI is InChI=1S/C16H35N3/c1-7-9-15(12-17-16(4,5)6)19-11-10-18(8-2)14(3)13-19/h14-15,17H,7-13H2,1-6H3. The van der Waals surface area contributed by atoms with Crippen LogP contribution in [0.25, 0.3) is 0 Å². The van der Waals surface area contributed by atoms with Crippen molar-refractivity contribution in [2.45, 2.75) is 72.0 Å². The molecular formula is C16H35N3. The maximum absolute atomic E-state index is 3.69. The molecule has 2 unspecified atom stereocenters. The van der Waals surface area contributed by atoms with Crippen molar-refractivity contribution in [2.75, 3.05) is 32.7 Å². The van der Waals surface area contributed by atoms with Crippen molar-refractivity contribution in [3.05, 3.63) is 0 Å². The van der Waals surface area contributed by atoms with Gasteiger partial charge in [-0.3, -0.25) is 9.80 Å². The van der Waals surface area contributed by atoms with Gasteiger partial charge in [-0.15, -0.1) is 0 Å². The lowest BCUT2D eigenvalue weighted by Crippen LogP contribution is -2.57. The minimum atomic E-state index is 0.225. The molecule has 0 aliphatic carbocycles. The van der Waals surface area contributed by atoms with E-state index >= 15 is 0 Å². The Morgan fingerprint density at radius 1 is 1.21 bits per heavy atom. The van der Waals surface area contributed by atoms with Gasteiger partial charge in [0, 0.05) is 43.8 Å². The average molecular weight is 269 g/mol. The molecule has 1 heterocycles. The van der Waals surface area contributed by atoms with Crippen LogP contribution in [-0.2, 0) is 0 Å². The number of nitrogens with zero attached hydrogens (tertiary/aromatic N) is 2. The van der Waals surface area contributed by atoms with Crippen LogP contribution in [0.1, 0.15) is 54.4 Å². The lowest BCUT2D eigenvalue weighted by atomic mass is 10.0. The zero-order chi connectivity index (χ0) is 14.5. The molecule has 1 saturated heterocycles. The highest BCUT2D eigenvalue weighted by atomic mass is 15.3. The van der Waals surface area contributed by atoms with Gasteiger partial charge in [0.05, 0.1) is 0 Å². The van der Waals surface area contributed by atoms with E-state index in [1.807, 2.05) is 0 Å². The average Bonchev–Trinajstić information content (AvgIpc) is 2.33. The van der Waals surface area contributed by atoms with Crippen LogP contribution in [0.2, 0.25) is 0 Å². The summed E-state index contributed by atoms with van der Waals surface area (Å²) in [6.45, 7) is 19.7. The van der Waals surface area contributed by atoms with Crippen molar-refractivity contribution in [3.8, 4) is 0 Å². The smallest absolute Gasteiger partial charge is 0.0221 e. The van der Waals surface area contributed by atoms with Gasteiger partial charge in [0.25, 0.3) is 0 Å². The molecule has 1 fully saturated rings. The molecule has 3 heteroatoms. The van der Waals surface area contributed by atoms with Crippen molar-refractivity contribution in [1.82, 2.24) is 15.1 Å². The summed E-state index contributed by atoms with van der Waals surface area (Å²) in [5, 5.41) is 3.69. The normalized spacial score (nSPS) is 24.6. The second-order valence-corrected chi connectivity index (χ2v) is 7.05. The van der Waals surface area contributed by atoms with Crippen LogP contribution in [0, 0.1) is 0 Å². The monoisotopic (exact) mass is 269 g/mol. The lowest BCUT2D eigenvalue weighted by Gasteiger charge is -2.43. The van der Waals surface area contributed by atoms with Crippen LogP contribution in [0.5, 0.6) is 0 Å². The Balaban J connectivity index is 2.52. The molecular weight excluding hydrogens is 234 g/mol. The van der Waals surface area contributed by atoms with E-state index in [9.17, 15) is 0 Å². The van der Waals surface area contributed by atoms with Crippen LogP contribution in [0.4, 0.5) is 0 Å². The van der Waals surface area contributed by atoms with E-state index in [0.29, 0.717) is 12.1 Å². The van der Waals surface area contributed by atoms with Crippen LogP contribution >= 0.6 is 0 Å². The molecule has 1 aliphatic heterocycles. The van der Waals surface area contributed by atoms with Crippen molar-refractivity contribution in [3.63, 3.8) is 0 Å². The van der Waals surface area contributed by atoms with Gasteiger partial charge < -0.3 is 5.32 Å². The second-order valence-electron chi connectivity index (χ2n) is 7.05. The summed E-state index contributed by atoms with van der Waals surface area (Å²) in [4.78, 5) is 5.30. The van der Waals surface area contributed by atoms with E-state index in [4.69, 9.17) is 0 Å². The Morgan fingerprint density at radius 3 is 2.37 bits per heavy atom. The number of likely N-dealkylation sites (N-methyl/N-ethyl adjacent to an activating group) is 1. The topological polar surface area (TPSA) is 18.5 Å². The molecule has 1 rings (SSSR count). The third-order valence-electron chi connectivity index (χ3n) is 4.21. The molecule has 1 N–H and O–H groups in total. The Labute approximate surface area is 120 Å². The molecule has 0 aromatic carbocycles. The molecule has 19 heavy (non-hydrogen) atoms. The zero-order valence-electron chi connectivity index (χ0n) is 14.0. The second kappa shape index (κ2) is 7.61. The van der Waals surface area contributed by atoms with Crippen molar-refractivity contribution in [2.24, 2.45) is 0 Å². The molecule has 0 spiro atoms. The molecule has 1 aliphatic rings. The minimum Gasteiger partial charge on any atom is -0.311 e. The van der Waals surface area contributed by atoms with Crippen molar-refractivity contribution in [1.29, 1.82) is 0 Å². The lowest BCUT2D eigenvalue weighted by molar-refractivity contribution is 0.0535. The molecule has 114 valence electrons. The highest BCUT2D eigenvalue weighted by molar-refractivity contribution is 4.85. The van der Waals surface area contributed by atoms with Gasteiger partial charge in [-0.2, -0.15) is 0 Å². The largest absolute Gasteiger partial charge is 0.311 e. The van der Waals surface area contributed by atoms with Gasteiger partial charge >= 0.3 is 0 Å². The maximum atomic E-state index is 3.69. The van der Waals surface area contributed by atoms with Gasteiger partial charge in [-0.25, -0.2) is 0 Å². The summed E-state index contributed by atoms with van der Waals surface area (Å²) in [6.07, 6.45) is 2.58. The van der Waals surface area contributed by atoms with Crippen molar-refractivity contribution >= 4 is 0 Å². The van der Waals surface area contributed by atoms with Crippen LogP contribution < -0.4 is 5.32 Å². The van der Waals surface area contributed by atoms with E-state index in [2.05, 4.69) is 56.7 Å². The van der Waals surface area contributed by atoms with Gasteiger partial charge in [0.2, 0.25) is 0 Å². The number of nitrogens with one attached hydrogen (secondary N) is 1. The summed E-state index contributed by atoms with van der Waals surface area (Å²) in [5.74, 6) is 0. The predicted octanol–water partition coefficient (Wildman–Crippen LogP) is 2.57. The first-order valence-electron chi connectivity index (χ1n) is 8.10. The number of piperazine rings is 1. The maximum Gasteiger partial charge on any atom is 0.0221 e. The fraction of sp³-hybridized carbons (Fsp3) is 1.00. The van der Waals surface area contributed by atoms with E-state index in [1.165, 1.54) is 39.0 Å². The molecule has 0 bridgehead atoms. The van der Waals surface area contributed by atoms with Gasteiger partial charge in [0.1, 0.15) is 0 Å². The fourth-order valence-electron chi connectivity index (χ4n) is 3.00. The Kier molecular flexibility index (Phi) is 6.78. The van der Waals surface area contributed by atoms with E-state index in [1.54, 1.807) is 0 Å². The van der Waals surface area contributed by atoms with Gasteiger partial charge in [-0.05, 0) is 40.7 Å². The molecule has 3 nitrogen and oxygen atoms in total. The highest BCUT2D eigenvalue weighted by Gasteiger charge is 2.27. The molecule has 0 saturated carbocycles. The molecule has 0 radical (unpaired) electrons. The molecule has 0 amide bonds. The molecule has 2 atom stereocenters. The summed E-state index contributed by atoms with van der Waals surface area (Å²) in [5.41, 5.74) is 0.225. The number of hydrogen-bond acceptors (Lipinski definition) is 3. The first kappa shape index (κ1) is 16.9. The molecule has 0 aromatic rings. The van der Waals surface area contributed by atoms with Crippen LogP contribution in [0.15, 0.2) is 0 Å². The van der Waals surface area contributed by atoms with E-state index in [-0.39, 0.29) is 5.54 Å². The fourth-order valence-corrected chi connectivity index (χ4v) is 3.00. The van der Waals surface area contributed by atoms with E-state index < -0.39 is 0 Å². The Bertz CT molecular complexity index is 247. The summed E-state index contributed by atoms with van der Waals surface area (Å²) in [7, 11) is 0. The third-order valence-corrected chi connectivity index (χ3v) is 4.21. The summed E-state index contributed by atoms with van der Waals surface area (Å²) < 4.78 is 0. The zero-order valence-corrected chi connectivity index (χ0v) is 14.0. The first-order chi connectivity index (χ1) is 8.87. The molecule has 0 aromatic heterocycles. The van der Waals surface area contributed by atoms with Crippen molar-refractivity contribution < 1.29 is 0 Å². The predicted molar refractivity (Wildman–Crippen MR) is 84.7 cm³/mol. The minimum absolute atomic E-state index is 0.225. The summed E-state index contributed by atoms with van der Waals surface area (Å²) >= 11 is 0. The number of rotatable bonds is 6. The van der Waals surface area contributed by atoms with Gasteiger partial charge in [0.15, 0.2) is 0 Å². The summed E-state index contributed by atoms with van der Waals surface area (Å²) in [6, 6.07) is 1.40. The Morgan fingerprint density at radius 2 is 1.89 bits per heavy atom. The Hall–Kier alpha value is -0.120. The number of hydrogen-bond donors (Lipinski definition) is 1. The third kappa shape index (κ3) is 5.80. The quantitative estimate of drug-likeness (QED) is 0.799. The SMILES string of the molecule is CCCC(CNC(C)(C)C)N1CCN(CC)C(C)C1. The van der Waals surface area contributed by atoms with Gasteiger partial charge in [-0.1, -0.05) is 20.3 Å². The van der Waals surface area contributed by atoms with Crippen LogP contribution in [0.3, 0.4) is 0 Å². The van der Waals surface area contributed by atoms with Crippen LogP contribution in [-0.4, -0.2) is 60.1 Å². The highest BCUT2D eigenvalue weighted by Crippen LogP contribution is 2.15. The first-order valence-corrected chi connectivity index (χ1v) is 8.10.